The number of carbonyl (C=O) groups excluding carboxylic acids is 1. The van der Waals surface area contributed by atoms with Crippen LogP contribution in [0.1, 0.15) is 25.7 Å². The number of aliphatic imine (C=N–C) groups is 1. The van der Waals surface area contributed by atoms with Gasteiger partial charge >= 0.3 is 0 Å². The highest BCUT2D eigenvalue weighted by atomic mass is 16.1. The van der Waals surface area contributed by atoms with Crippen LogP contribution in [0.2, 0.25) is 0 Å². The highest BCUT2D eigenvalue weighted by Crippen LogP contribution is 2.30. The molecule has 0 unspecified atom stereocenters. The molecule has 7 nitrogen and oxygen atoms in total. The number of guanidine groups is 1. The van der Waals surface area contributed by atoms with E-state index in [2.05, 4.69) is 20.3 Å². The van der Waals surface area contributed by atoms with Gasteiger partial charge < -0.3 is 21.8 Å². The number of pyridine rings is 1. The number of aromatic nitrogens is 2. The number of anilines is 1. The Hall–Kier alpha value is -2.57. The number of nitrogens with zero attached hydrogens (tertiary/aromatic N) is 2. The van der Waals surface area contributed by atoms with Crippen molar-refractivity contribution in [3.8, 4) is 0 Å². The summed E-state index contributed by atoms with van der Waals surface area (Å²) in [5, 5.41) is 3.97. The Bertz CT molecular complexity index is 710. The summed E-state index contributed by atoms with van der Waals surface area (Å²) >= 11 is 0. The zero-order valence-corrected chi connectivity index (χ0v) is 13.0. The SMILES string of the molecule is NC(N)=NCC1CCC(C(=O)Nc2ccnc3[nH]ccc23)CC1. The number of nitrogens with one attached hydrogen (secondary N) is 2. The summed E-state index contributed by atoms with van der Waals surface area (Å²) in [5.74, 6) is 0.739. The van der Waals surface area contributed by atoms with Gasteiger partial charge in [0.15, 0.2) is 5.96 Å². The average Bonchev–Trinajstić information content (AvgIpc) is 3.03. The number of amides is 1. The van der Waals surface area contributed by atoms with Gasteiger partial charge in [-0.05, 0) is 43.7 Å². The Kier molecular flexibility index (Phi) is 4.45. The monoisotopic (exact) mass is 314 g/mol. The minimum atomic E-state index is 0.0487. The van der Waals surface area contributed by atoms with E-state index in [0.29, 0.717) is 12.5 Å². The summed E-state index contributed by atoms with van der Waals surface area (Å²) in [6.07, 6.45) is 7.22. The fourth-order valence-corrected chi connectivity index (χ4v) is 3.15. The van der Waals surface area contributed by atoms with Crippen molar-refractivity contribution in [3.63, 3.8) is 0 Å². The molecular weight excluding hydrogens is 292 g/mol. The number of hydrogen-bond acceptors (Lipinski definition) is 3. The Labute approximate surface area is 134 Å². The van der Waals surface area contributed by atoms with E-state index in [4.69, 9.17) is 11.5 Å². The van der Waals surface area contributed by atoms with Crippen LogP contribution in [-0.4, -0.2) is 28.4 Å². The molecule has 0 radical (unpaired) electrons. The molecule has 2 heterocycles. The number of hydrogen-bond donors (Lipinski definition) is 4. The molecule has 1 saturated carbocycles. The third-order valence-corrected chi connectivity index (χ3v) is 4.47. The van der Waals surface area contributed by atoms with Crippen LogP contribution in [0, 0.1) is 11.8 Å². The summed E-state index contributed by atoms with van der Waals surface area (Å²) in [4.78, 5) is 23.8. The van der Waals surface area contributed by atoms with E-state index in [1.807, 2.05) is 18.3 Å². The Morgan fingerprint density at radius 1 is 1.30 bits per heavy atom. The van der Waals surface area contributed by atoms with Crippen LogP contribution >= 0.6 is 0 Å². The maximum absolute atomic E-state index is 12.5. The Morgan fingerprint density at radius 3 is 2.83 bits per heavy atom. The van der Waals surface area contributed by atoms with E-state index in [1.165, 1.54) is 0 Å². The van der Waals surface area contributed by atoms with Crippen molar-refractivity contribution >= 4 is 28.6 Å². The lowest BCUT2D eigenvalue weighted by atomic mass is 9.81. The average molecular weight is 314 g/mol. The summed E-state index contributed by atoms with van der Waals surface area (Å²) in [7, 11) is 0. The van der Waals surface area contributed by atoms with Gasteiger partial charge in [0.2, 0.25) is 5.91 Å². The largest absolute Gasteiger partial charge is 0.370 e. The second-order valence-corrected chi connectivity index (χ2v) is 6.07. The van der Waals surface area contributed by atoms with Crippen LogP contribution in [0.5, 0.6) is 0 Å². The summed E-state index contributed by atoms with van der Waals surface area (Å²) in [6.45, 7) is 0.658. The third kappa shape index (κ3) is 3.61. The van der Waals surface area contributed by atoms with Crippen molar-refractivity contribution < 1.29 is 4.79 Å². The van der Waals surface area contributed by atoms with Crippen LogP contribution < -0.4 is 16.8 Å². The first-order valence-electron chi connectivity index (χ1n) is 7.92. The molecule has 0 aliphatic heterocycles. The van der Waals surface area contributed by atoms with Gasteiger partial charge in [-0.2, -0.15) is 0 Å². The minimum Gasteiger partial charge on any atom is -0.370 e. The van der Waals surface area contributed by atoms with Gasteiger partial charge in [0.05, 0.1) is 5.69 Å². The first kappa shape index (κ1) is 15.3. The second-order valence-electron chi connectivity index (χ2n) is 6.07. The number of rotatable bonds is 4. The van der Waals surface area contributed by atoms with Gasteiger partial charge in [-0.3, -0.25) is 9.79 Å². The lowest BCUT2D eigenvalue weighted by molar-refractivity contribution is -0.121. The smallest absolute Gasteiger partial charge is 0.227 e. The molecule has 0 aromatic carbocycles. The number of aromatic amines is 1. The number of H-pyrrole nitrogens is 1. The molecule has 1 aliphatic rings. The van der Waals surface area contributed by atoms with Gasteiger partial charge in [-0.1, -0.05) is 0 Å². The molecular formula is C16H22N6O. The normalized spacial score (nSPS) is 21.0. The molecule has 2 aromatic rings. The molecule has 23 heavy (non-hydrogen) atoms. The Morgan fingerprint density at radius 2 is 2.09 bits per heavy atom. The lowest BCUT2D eigenvalue weighted by Gasteiger charge is -2.26. The maximum Gasteiger partial charge on any atom is 0.227 e. The third-order valence-electron chi connectivity index (χ3n) is 4.47. The molecule has 7 heteroatoms. The van der Waals surface area contributed by atoms with E-state index < -0.39 is 0 Å². The van der Waals surface area contributed by atoms with Crippen molar-refractivity contribution in [2.24, 2.45) is 28.3 Å². The first-order chi connectivity index (χ1) is 11.1. The van der Waals surface area contributed by atoms with Gasteiger partial charge in [0, 0.05) is 30.2 Å². The zero-order valence-electron chi connectivity index (χ0n) is 13.0. The standard InChI is InChI=1S/C16H22N6O/c17-16(18)21-9-10-1-3-11(4-2-10)15(23)22-13-6-8-20-14-12(13)5-7-19-14/h5-8,10-11H,1-4,9H2,(H4,17,18,21)(H2,19,20,22,23). The van der Waals surface area contributed by atoms with Crippen LogP contribution in [0.3, 0.4) is 0 Å². The van der Waals surface area contributed by atoms with Crippen molar-refractivity contribution in [2.45, 2.75) is 25.7 Å². The van der Waals surface area contributed by atoms with E-state index in [0.717, 1.165) is 42.4 Å². The van der Waals surface area contributed by atoms with E-state index in [1.54, 1.807) is 6.20 Å². The van der Waals surface area contributed by atoms with Crippen LogP contribution in [0.25, 0.3) is 11.0 Å². The van der Waals surface area contributed by atoms with Gasteiger partial charge in [0.25, 0.3) is 0 Å². The fourth-order valence-electron chi connectivity index (χ4n) is 3.15. The zero-order chi connectivity index (χ0) is 16.2. The topological polar surface area (TPSA) is 122 Å². The highest BCUT2D eigenvalue weighted by molar-refractivity contribution is 6.00. The predicted octanol–water partition coefficient (Wildman–Crippen LogP) is 1.58. The van der Waals surface area contributed by atoms with Crippen LogP contribution in [0.4, 0.5) is 5.69 Å². The van der Waals surface area contributed by atoms with E-state index >= 15 is 0 Å². The highest BCUT2D eigenvalue weighted by Gasteiger charge is 2.26. The lowest BCUT2D eigenvalue weighted by Crippen LogP contribution is -2.29. The van der Waals surface area contributed by atoms with Crippen LogP contribution in [0.15, 0.2) is 29.5 Å². The molecule has 1 fully saturated rings. The second kappa shape index (κ2) is 6.68. The fraction of sp³-hybridized carbons (Fsp3) is 0.438. The predicted molar refractivity (Wildman–Crippen MR) is 90.8 cm³/mol. The quantitative estimate of drug-likeness (QED) is 0.505. The van der Waals surface area contributed by atoms with Gasteiger partial charge in [-0.25, -0.2) is 4.98 Å². The molecule has 3 rings (SSSR count). The minimum absolute atomic E-state index is 0.0487. The number of fused-ring (bicyclic) bond motifs is 1. The summed E-state index contributed by atoms with van der Waals surface area (Å²) < 4.78 is 0. The summed E-state index contributed by atoms with van der Waals surface area (Å²) in [6, 6.07) is 3.75. The number of nitrogens with two attached hydrogens (primary N) is 2. The molecule has 6 N–H and O–H groups in total. The first-order valence-corrected chi connectivity index (χ1v) is 7.92. The molecule has 0 spiro atoms. The van der Waals surface area contributed by atoms with Crippen LogP contribution in [-0.2, 0) is 4.79 Å². The summed E-state index contributed by atoms with van der Waals surface area (Å²) in [5.41, 5.74) is 12.3. The van der Waals surface area contributed by atoms with Crippen molar-refractivity contribution in [1.82, 2.24) is 9.97 Å². The molecule has 0 bridgehead atoms. The molecule has 1 aliphatic carbocycles. The maximum atomic E-state index is 12.5. The van der Waals surface area contributed by atoms with Gasteiger partial charge in [0.1, 0.15) is 5.65 Å². The molecule has 0 atom stereocenters. The van der Waals surface area contributed by atoms with Crippen molar-refractivity contribution in [3.05, 3.63) is 24.5 Å². The van der Waals surface area contributed by atoms with Crippen molar-refractivity contribution in [2.75, 3.05) is 11.9 Å². The van der Waals surface area contributed by atoms with Gasteiger partial charge in [-0.15, -0.1) is 0 Å². The molecule has 2 aromatic heterocycles. The Balaban J connectivity index is 1.58. The molecule has 1 amide bonds. The molecule has 122 valence electrons. The van der Waals surface area contributed by atoms with E-state index in [-0.39, 0.29) is 17.8 Å². The number of carbonyl (C=O) groups is 1. The van der Waals surface area contributed by atoms with Crippen molar-refractivity contribution in [1.29, 1.82) is 0 Å². The molecule has 0 saturated heterocycles. The van der Waals surface area contributed by atoms with E-state index in [9.17, 15) is 4.79 Å².